The molecule has 0 bridgehead atoms. The summed E-state index contributed by atoms with van der Waals surface area (Å²) in [5.41, 5.74) is 2.00. The van der Waals surface area contributed by atoms with Gasteiger partial charge >= 0.3 is 5.97 Å². The second-order valence-corrected chi connectivity index (χ2v) is 5.48. The summed E-state index contributed by atoms with van der Waals surface area (Å²) in [6, 6.07) is 3.72. The zero-order valence-corrected chi connectivity index (χ0v) is 11.3. The summed E-state index contributed by atoms with van der Waals surface area (Å²) in [7, 11) is 0. The van der Waals surface area contributed by atoms with Crippen molar-refractivity contribution in [1.82, 2.24) is 0 Å². The van der Waals surface area contributed by atoms with Crippen molar-refractivity contribution in [2.24, 2.45) is 11.8 Å². The fraction of sp³-hybridized carbons (Fsp3) is 0.500. The van der Waals surface area contributed by atoms with E-state index in [-0.39, 0.29) is 5.92 Å². The summed E-state index contributed by atoms with van der Waals surface area (Å²) in [6.07, 6.45) is 1.32. The first-order chi connectivity index (χ1) is 8.49. The minimum absolute atomic E-state index is 0.0820. The smallest absolute Gasteiger partial charge is 0.307 e. The van der Waals surface area contributed by atoms with E-state index in [1.807, 2.05) is 26.0 Å². The molecule has 0 fully saturated rings. The lowest BCUT2D eigenvalue weighted by Crippen LogP contribution is -2.22. The number of halogens is 1. The van der Waals surface area contributed by atoms with Gasteiger partial charge in [0.2, 0.25) is 0 Å². The van der Waals surface area contributed by atoms with Crippen LogP contribution in [0.4, 0.5) is 0 Å². The Labute approximate surface area is 112 Å². The van der Waals surface area contributed by atoms with E-state index < -0.39 is 11.9 Å². The van der Waals surface area contributed by atoms with Gasteiger partial charge in [0, 0.05) is 11.4 Å². The zero-order valence-electron chi connectivity index (χ0n) is 10.6. The van der Waals surface area contributed by atoms with Gasteiger partial charge in [0.15, 0.2) is 0 Å². The van der Waals surface area contributed by atoms with Crippen LogP contribution >= 0.6 is 11.6 Å². The van der Waals surface area contributed by atoms with E-state index in [9.17, 15) is 9.90 Å². The van der Waals surface area contributed by atoms with Crippen LogP contribution in [-0.4, -0.2) is 17.7 Å². The van der Waals surface area contributed by atoms with Crippen LogP contribution in [0.15, 0.2) is 12.1 Å². The maximum absolute atomic E-state index is 11.3. The van der Waals surface area contributed by atoms with Crippen molar-refractivity contribution in [3.63, 3.8) is 0 Å². The third-order valence-electron chi connectivity index (χ3n) is 3.39. The van der Waals surface area contributed by atoms with Gasteiger partial charge in [-0.25, -0.2) is 0 Å². The summed E-state index contributed by atoms with van der Waals surface area (Å²) in [5, 5.41) is 9.90. The van der Waals surface area contributed by atoms with Gasteiger partial charge in [-0.3, -0.25) is 4.79 Å². The van der Waals surface area contributed by atoms with Crippen molar-refractivity contribution in [1.29, 1.82) is 0 Å². The second-order valence-electron chi connectivity index (χ2n) is 5.04. The molecule has 0 saturated carbocycles. The molecule has 4 heteroatoms. The quantitative estimate of drug-likeness (QED) is 0.912. The van der Waals surface area contributed by atoms with E-state index in [2.05, 4.69) is 0 Å². The molecule has 1 aliphatic heterocycles. The van der Waals surface area contributed by atoms with Crippen LogP contribution in [0.25, 0.3) is 0 Å². The predicted octanol–water partition coefficient (Wildman–Crippen LogP) is 3.17. The number of aliphatic carboxylic acids is 1. The highest BCUT2D eigenvalue weighted by molar-refractivity contribution is 6.30. The van der Waals surface area contributed by atoms with Gasteiger partial charge in [-0.1, -0.05) is 25.4 Å². The molecule has 0 amide bonds. The predicted molar refractivity (Wildman–Crippen MR) is 70.3 cm³/mol. The fourth-order valence-corrected chi connectivity index (χ4v) is 2.61. The third kappa shape index (κ3) is 2.61. The molecule has 3 nitrogen and oxygen atoms in total. The number of carboxylic acid groups (broad SMARTS) is 1. The molecule has 1 heterocycles. The Kier molecular flexibility index (Phi) is 3.81. The van der Waals surface area contributed by atoms with Gasteiger partial charge in [0.25, 0.3) is 0 Å². The molecule has 0 aromatic heterocycles. The first-order valence-electron chi connectivity index (χ1n) is 6.16. The maximum atomic E-state index is 11.3. The monoisotopic (exact) mass is 268 g/mol. The van der Waals surface area contributed by atoms with Crippen molar-refractivity contribution < 1.29 is 14.6 Å². The van der Waals surface area contributed by atoms with Crippen LogP contribution in [-0.2, 0) is 17.6 Å². The number of rotatable bonds is 4. The van der Waals surface area contributed by atoms with Crippen LogP contribution in [0.5, 0.6) is 5.75 Å². The van der Waals surface area contributed by atoms with Crippen molar-refractivity contribution in [3.8, 4) is 5.75 Å². The number of fused-ring (bicyclic) bond motifs is 1. The van der Waals surface area contributed by atoms with Gasteiger partial charge < -0.3 is 9.84 Å². The van der Waals surface area contributed by atoms with Gasteiger partial charge in [-0.05, 0) is 35.6 Å². The van der Waals surface area contributed by atoms with E-state index in [0.29, 0.717) is 18.1 Å². The normalized spacial score (nSPS) is 15.3. The molecule has 1 aliphatic rings. The number of ether oxygens (including phenoxy) is 1. The number of carbonyl (C=O) groups is 1. The Hall–Kier alpha value is -1.22. The molecular formula is C14H17ClO3. The highest BCUT2D eigenvalue weighted by Gasteiger charge is 2.26. The van der Waals surface area contributed by atoms with E-state index in [1.54, 1.807) is 0 Å². The van der Waals surface area contributed by atoms with Crippen LogP contribution in [0.3, 0.4) is 0 Å². The third-order valence-corrected chi connectivity index (χ3v) is 3.61. The molecule has 18 heavy (non-hydrogen) atoms. The number of hydrogen-bond acceptors (Lipinski definition) is 2. The number of carboxylic acids is 1. The molecule has 1 aromatic rings. The maximum Gasteiger partial charge on any atom is 0.307 e. The van der Waals surface area contributed by atoms with Crippen LogP contribution < -0.4 is 4.74 Å². The van der Waals surface area contributed by atoms with E-state index in [4.69, 9.17) is 16.3 Å². The fourth-order valence-electron chi connectivity index (χ4n) is 2.34. The van der Waals surface area contributed by atoms with E-state index in [0.717, 1.165) is 23.3 Å². The minimum atomic E-state index is -0.767. The number of hydrogen-bond donors (Lipinski definition) is 1. The molecule has 2 rings (SSSR count). The Balaban J connectivity index is 2.31. The first kappa shape index (κ1) is 13.2. The van der Waals surface area contributed by atoms with Gasteiger partial charge in [-0.15, -0.1) is 0 Å². The van der Waals surface area contributed by atoms with Crippen molar-refractivity contribution in [3.05, 3.63) is 28.3 Å². The highest BCUT2D eigenvalue weighted by Crippen LogP contribution is 2.35. The summed E-state index contributed by atoms with van der Waals surface area (Å²) in [5.74, 6) is -0.252. The standard InChI is InChI=1S/C14H17ClO3/c1-8(2)12(14(16)17)7-10-6-11(15)5-9-3-4-18-13(9)10/h5-6,8,12H,3-4,7H2,1-2H3,(H,16,17). The van der Waals surface area contributed by atoms with Gasteiger partial charge in [-0.2, -0.15) is 0 Å². The summed E-state index contributed by atoms with van der Waals surface area (Å²) in [6.45, 7) is 4.50. The Bertz CT molecular complexity index is 468. The molecule has 0 radical (unpaired) electrons. The lowest BCUT2D eigenvalue weighted by Gasteiger charge is -2.18. The van der Waals surface area contributed by atoms with Crippen LogP contribution in [0.1, 0.15) is 25.0 Å². The van der Waals surface area contributed by atoms with Crippen LogP contribution in [0.2, 0.25) is 5.02 Å². The van der Waals surface area contributed by atoms with Crippen molar-refractivity contribution >= 4 is 17.6 Å². The molecule has 1 atom stereocenters. The topological polar surface area (TPSA) is 46.5 Å². The molecular weight excluding hydrogens is 252 g/mol. The zero-order chi connectivity index (χ0) is 13.3. The molecule has 0 spiro atoms. The summed E-state index contributed by atoms with van der Waals surface area (Å²) in [4.78, 5) is 11.3. The minimum Gasteiger partial charge on any atom is -0.493 e. The summed E-state index contributed by atoms with van der Waals surface area (Å²) < 4.78 is 5.59. The number of benzene rings is 1. The van der Waals surface area contributed by atoms with E-state index in [1.165, 1.54) is 0 Å². The van der Waals surface area contributed by atoms with E-state index >= 15 is 0 Å². The molecule has 1 unspecified atom stereocenters. The Morgan fingerprint density at radius 3 is 2.83 bits per heavy atom. The van der Waals surface area contributed by atoms with Gasteiger partial charge in [0.05, 0.1) is 12.5 Å². The van der Waals surface area contributed by atoms with Crippen molar-refractivity contribution in [2.45, 2.75) is 26.7 Å². The Morgan fingerprint density at radius 2 is 2.22 bits per heavy atom. The second kappa shape index (κ2) is 5.19. The molecule has 1 aromatic carbocycles. The molecule has 1 N–H and O–H groups in total. The largest absolute Gasteiger partial charge is 0.493 e. The van der Waals surface area contributed by atoms with Crippen molar-refractivity contribution in [2.75, 3.05) is 6.61 Å². The van der Waals surface area contributed by atoms with Gasteiger partial charge in [0.1, 0.15) is 5.75 Å². The molecule has 0 aliphatic carbocycles. The molecule has 0 saturated heterocycles. The first-order valence-corrected chi connectivity index (χ1v) is 6.53. The van der Waals surface area contributed by atoms with Crippen LogP contribution in [0, 0.1) is 11.8 Å². The molecule has 98 valence electrons. The average Bonchev–Trinajstić information content (AvgIpc) is 2.72. The lowest BCUT2D eigenvalue weighted by molar-refractivity contribution is -0.143. The SMILES string of the molecule is CC(C)C(Cc1cc(Cl)cc2c1OCC2)C(=O)O. The lowest BCUT2D eigenvalue weighted by atomic mass is 9.88. The Morgan fingerprint density at radius 1 is 1.50 bits per heavy atom. The highest BCUT2D eigenvalue weighted by atomic mass is 35.5. The average molecular weight is 269 g/mol. The summed E-state index contributed by atoms with van der Waals surface area (Å²) >= 11 is 6.07.